The number of nitrogens with zero attached hydrogens (tertiary/aromatic N) is 1. The SMILES string of the molecule is COc1cc2c(cc1OC)CN(C(=O)COC(=O)c1cccc(C)c1N)CC2. The Morgan fingerprint density at radius 2 is 1.79 bits per heavy atom. The first-order valence-corrected chi connectivity index (χ1v) is 8.98. The number of methoxy groups -OCH3 is 2. The van der Waals surface area contributed by atoms with Gasteiger partial charge in [0.05, 0.1) is 19.8 Å². The van der Waals surface area contributed by atoms with Crippen molar-refractivity contribution < 1.29 is 23.8 Å². The van der Waals surface area contributed by atoms with E-state index in [1.807, 2.05) is 25.1 Å². The number of benzene rings is 2. The second-order valence-corrected chi connectivity index (χ2v) is 6.65. The van der Waals surface area contributed by atoms with Gasteiger partial charge in [0, 0.05) is 18.8 Å². The van der Waals surface area contributed by atoms with Crippen molar-refractivity contribution in [3.05, 3.63) is 52.6 Å². The van der Waals surface area contributed by atoms with E-state index in [1.165, 1.54) is 0 Å². The Bertz CT molecular complexity index is 910. The largest absolute Gasteiger partial charge is 0.493 e. The average molecular weight is 384 g/mol. The first-order valence-electron chi connectivity index (χ1n) is 8.98. The number of amides is 1. The van der Waals surface area contributed by atoms with Gasteiger partial charge in [0.15, 0.2) is 18.1 Å². The first kappa shape index (κ1) is 19.5. The van der Waals surface area contributed by atoms with Crippen LogP contribution in [0.25, 0.3) is 0 Å². The van der Waals surface area contributed by atoms with Crippen LogP contribution in [0.2, 0.25) is 0 Å². The fraction of sp³-hybridized carbons (Fsp3) is 0.333. The van der Waals surface area contributed by atoms with Crippen LogP contribution in [-0.2, 0) is 22.5 Å². The summed E-state index contributed by atoms with van der Waals surface area (Å²) in [4.78, 5) is 26.5. The number of ether oxygens (including phenoxy) is 3. The highest BCUT2D eigenvalue weighted by Gasteiger charge is 2.24. The summed E-state index contributed by atoms with van der Waals surface area (Å²) in [6.45, 7) is 2.46. The first-order chi connectivity index (χ1) is 13.4. The Balaban J connectivity index is 1.65. The van der Waals surface area contributed by atoms with Crippen LogP contribution in [0.15, 0.2) is 30.3 Å². The molecular formula is C21H24N2O5. The normalized spacial score (nSPS) is 12.9. The maximum absolute atomic E-state index is 12.5. The van der Waals surface area contributed by atoms with Crippen molar-refractivity contribution in [2.45, 2.75) is 19.9 Å². The molecule has 2 N–H and O–H groups in total. The van der Waals surface area contributed by atoms with Gasteiger partial charge in [-0.2, -0.15) is 0 Å². The molecule has 1 aliphatic heterocycles. The molecule has 0 aromatic heterocycles. The van der Waals surface area contributed by atoms with Crippen molar-refractivity contribution in [3.8, 4) is 11.5 Å². The molecular weight excluding hydrogens is 360 g/mol. The quantitative estimate of drug-likeness (QED) is 0.628. The smallest absolute Gasteiger partial charge is 0.340 e. The van der Waals surface area contributed by atoms with E-state index in [-0.39, 0.29) is 18.1 Å². The number of hydrogen-bond acceptors (Lipinski definition) is 6. The third-order valence-corrected chi connectivity index (χ3v) is 4.94. The minimum atomic E-state index is -0.599. The van der Waals surface area contributed by atoms with Crippen molar-refractivity contribution in [2.24, 2.45) is 0 Å². The van der Waals surface area contributed by atoms with Gasteiger partial charge in [0.25, 0.3) is 5.91 Å². The maximum Gasteiger partial charge on any atom is 0.340 e. The number of fused-ring (bicyclic) bond motifs is 1. The number of hydrogen-bond donors (Lipinski definition) is 1. The lowest BCUT2D eigenvalue weighted by Gasteiger charge is -2.29. The standard InChI is InChI=1S/C21H24N2O5/c1-13-5-4-6-16(20(13)22)21(25)28-12-19(24)23-8-7-14-9-17(26-2)18(27-3)10-15(14)11-23/h4-6,9-10H,7-8,11-12,22H2,1-3H3. The van der Waals surface area contributed by atoms with E-state index in [2.05, 4.69) is 0 Å². The molecule has 7 nitrogen and oxygen atoms in total. The molecule has 0 saturated heterocycles. The molecule has 1 aliphatic rings. The van der Waals surface area contributed by atoms with Crippen molar-refractivity contribution in [1.82, 2.24) is 4.90 Å². The Kier molecular flexibility index (Phi) is 5.73. The van der Waals surface area contributed by atoms with Gasteiger partial charge in [-0.1, -0.05) is 12.1 Å². The van der Waals surface area contributed by atoms with Gasteiger partial charge in [-0.05, 0) is 48.2 Å². The van der Waals surface area contributed by atoms with E-state index in [0.29, 0.717) is 36.7 Å². The number of aryl methyl sites for hydroxylation is 1. The van der Waals surface area contributed by atoms with Gasteiger partial charge in [0.2, 0.25) is 0 Å². The van der Waals surface area contributed by atoms with E-state index in [9.17, 15) is 9.59 Å². The molecule has 0 unspecified atom stereocenters. The lowest BCUT2D eigenvalue weighted by molar-refractivity contribution is -0.135. The highest BCUT2D eigenvalue weighted by atomic mass is 16.5. The summed E-state index contributed by atoms with van der Waals surface area (Å²) >= 11 is 0. The molecule has 0 fully saturated rings. The van der Waals surface area contributed by atoms with Crippen LogP contribution in [0.4, 0.5) is 5.69 Å². The predicted octanol–water partition coefficient (Wildman–Crippen LogP) is 2.34. The van der Waals surface area contributed by atoms with Crippen LogP contribution >= 0.6 is 0 Å². The predicted molar refractivity (Wildman–Crippen MR) is 105 cm³/mol. The Labute approximate surface area is 164 Å². The number of carbonyl (C=O) groups is 2. The Morgan fingerprint density at radius 1 is 1.11 bits per heavy atom. The van der Waals surface area contributed by atoms with Crippen LogP contribution in [0, 0.1) is 6.92 Å². The summed E-state index contributed by atoms with van der Waals surface area (Å²) in [5.74, 6) is 0.445. The van der Waals surface area contributed by atoms with Crippen molar-refractivity contribution in [3.63, 3.8) is 0 Å². The van der Waals surface area contributed by atoms with Crippen molar-refractivity contribution >= 4 is 17.6 Å². The van der Waals surface area contributed by atoms with E-state index in [0.717, 1.165) is 16.7 Å². The van der Waals surface area contributed by atoms with Gasteiger partial charge in [0.1, 0.15) is 0 Å². The minimum absolute atomic E-state index is 0.250. The molecule has 0 bridgehead atoms. The number of carbonyl (C=O) groups excluding carboxylic acids is 2. The van der Waals surface area contributed by atoms with Gasteiger partial charge in [-0.25, -0.2) is 4.79 Å². The number of esters is 1. The molecule has 1 amide bonds. The highest BCUT2D eigenvalue weighted by molar-refractivity contribution is 5.96. The maximum atomic E-state index is 12.5. The molecule has 0 saturated carbocycles. The van der Waals surface area contributed by atoms with Crippen LogP contribution in [0.5, 0.6) is 11.5 Å². The Morgan fingerprint density at radius 3 is 2.46 bits per heavy atom. The summed E-state index contributed by atoms with van der Waals surface area (Å²) in [6.07, 6.45) is 0.695. The Hall–Kier alpha value is -3.22. The molecule has 0 atom stereocenters. The van der Waals surface area contributed by atoms with Crippen molar-refractivity contribution in [2.75, 3.05) is 33.1 Å². The van der Waals surface area contributed by atoms with Gasteiger partial charge in [-0.15, -0.1) is 0 Å². The van der Waals surface area contributed by atoms with Gasteiger partial charge >= 0.3 is 5.97 Å². The summed E-state index contributed by atoms with van der Waals surface area (Å²) in [5.41, 5.74) is 9.46. The lowest BCUT2D eigenvalue weighted by Crippen LogP contribution is -2.38. The summed E-state index contributed by atoms with van der Waals surface area (Å²) in [5, 5.41) is 0. The molecule has 0 aliphatic carbocycles. The summed E-state index contributed by atoms with van der Waals surface area (Å²) in [7, 11) is 3.17. The zero-order chi connectivity index (χ0) is 20.3. The second-order valence-electron chi connectivity index (χ2n) is 6.65. The monoisotopic (exact) mass is 384 g/mol. The third kappa shape index (κ3) is 3.88. The highest BCUT2D eigenvalue weighted by Crippen LogP contribution is 2.33. The van der Waals surface area contributed by atoms with Crippen molar-refractivity contribution in [1.29, 1.82) is 0 Å². The number of anilines is 1. The molecule has 0 radical (unpaired) electrons. The van der Waals surface area contributed by atoms with Crippen LogP contribution in [0.3, 0.4) is 0 Å². The number of nitrogens with two attached hydrogens (primary N) is 1. The zero-order valence-electron chi connectivity index (χ0n) is 16.3. The molecule has 3 rings (SSSR count). The van der Waals surface area contributed by atoms with Gasteiger partial charge < -0.3 is 24.8 Å². The summed E-state index contributed by atoms with van der Waals surface area (Å²) in [6, 6.07) is 8.95. The van der Waals surface area contributed by atoms with Crippen LogP contribution in [-0.4, -0.2) is 44.1 Å². The van der Waals surface area contributed by atoms with Crippen LogP contribution < -0.4 is 15.2 Å². The molecule has 2 aromatic rings. The number of nitrogen functional groups attached to an aromatic ring is 1. The van der Waals surface area contributed by atoms with E-state index < -0.39 is 5.97 Å². The third-order valence-electron chi connectivity index (χ3n) is 4.94. The minimum Gasteiger partial charge on any atom is -0.493 e. The fourth-order valence-electron chi connectivity index (χ4n) is 3.25. The molecule has 28 heavy (non-hydrogen) atoms. The van der Waals surface area contributed by atoms with E-state index in [4.69, 9.17) is 19.9 Å². The molecule has 1 heterocycles. The summed E-state index contributed by atoms with van der Waals surface area (Å²) < 4.78 is 15.9. The fourth-order valence-corrected chi connectivity index (χ4v) is 3.25. The zero-order valence-corrected chi connectivity index (χ0v) is 16.3. The topological polar surface area (TPSA) is 91.1 Å². The average Bonchev–Trinajstić information content (AvgIpc) is 2.72. The van der Waals surface area contributed by atoms with Crippen LogP contribution in [0.1, 0.15) is 27.0 Å². The number of rotatable bonds is 5. The number of para-hydroxylation sites is 1. The van der Waals surface area contributed by atoms with E-state index in [1.54, 1.807) is 31.3 Å². The molecule has 7 heteroatoms. The second kappa shape index (κ2) is 8.21. The molecule has 2 aromatic carbocycles. The van der Waals surface area contributed by atoms with E-state index >= 15 is 0 Å². The molecule has 0 spiro atoms. The lowest BCUT2D eigenvalue weighted by atomic mass is 9.99. The molecule has 148 valence electrons. The van der Waals surface area contributed by atoms with Gasteiger partial charge in [-0.3, -0.25) is 4.79 Å².